The van der Waals surface area contributed by atoms with Crippen LogP contribution in [0.15, 0.2) is 0 Å². The fraction of sp³-hybridized carbons (Fsp3) is 0.846. The summed E-state index contributed by atoms with van der Waals surface area (Å²) in [5, 5.41) is 13.7. The number of hydrogen-bond donors (Lipinski definition) is 1. The molecule has 5 nitrogen and oxygen atoms in total. The first-order valence-corrected chi connectivity index (χ1v) is 7.92. The van der Waals surface area contributed by atoms with Crippen molar-refractivity contribution in [2.24, 2.45) is 5.41 Å². The van der Waals surface area contributed by atoms with Crippen LogP contribution < -0.4 is 5.32 Å². The number of aryl methyl sites for hydroxylation is 1. The number of piperazine rings is 1. The molecule has 2 fully saturated rings. The van der Waals surface area contributed by atoms with Crippen LogP contribution in [0.2, 0.25) is 0 Å². The van der Waals surface area contributed by atoms with Gasteiger partial charge in [0.1, 0.15) is 5.01 Å². The normalized spacial score (nSPS) is 23.5. The highest BCUT2D eigenvalue weighted by atomic mass is 32.1. The molecule has 0 radical (unpaired) electrons. The van der Waals surface area contributed by atoms with Crippen molar-refractivity contribution in [3.05, 3.63) is 5.01 Å². The Morgan fingerprint density at radius 1 is 1.21 bits per heavy atom. The number of likely N-dealkylation sites (N-methyl/N-ethyl adjacent to an activating group) is 1. The molecule has 0 bridgehead atoms. The van der Waals surface area contributed by atoms with Gasteiger partial charge in [0, 0.05) is 44.7 Å². The number of nitrogens with zero attached hydrogens (tertiary/aromatic N) is 4. The summed E-state index contributed by atoms with van der Waals surface area (Å²) >= 11 is 1.65. The Balaban J connectivity index is 1.47. The van der Waals surface area contributed by atoms with Crippen molar-refractivity contribution in [1.29, 1.82) is 0 Å². The van der Waals surface area contributed by atoms with Gasteiger partial charge in [0.15, 0.2) is 0 Å². The molecule has 1 aromatic heterocycles. The molecular formula is C13H23N5S. The van der Waals surface area contributed by atoms with E-state index in [9.17, 15) is 0 Å². The molecule has 0 spiro atoms. The van der Waals surface area contributed by atoms with Gasteiger partial charge >= 0.3 is 0 Å². The number of nitrogens with one attached hydrogen (secondary N) is 1. The van der Waals surface area contributed by atoms with Gasteiger partial charge in [-0.2, -0.15) is 0 Å². The Kier molecular flexibility index (Phi) is 3.73. The highest BCUT2D eigenvalue weighted by molar-refractivity contribution is 7.15. The third-order valence-electron chi connectivity index (χ3n) is 4.25. The second-order valence-corrected chi connectivity index (χ2v) is 7.24. The molecule has 106 valence electrons. The van der Waals surface area contributed by atoms with Crippen LogP contribution in [-0.4, -0.2) is 66.3 Å². The van der Waals surface area contributed by atoms with E-state index in [1.807, 2.05) is 6.92 Å². The standard InChI is InChI=1S/C13H23N5S/c1-11-15-16-12(19-11)14-9-13(3-4-13)10-18-7-5-17(2)6-8-18/h3-10H2,1-2H3,(H,14,16). The average molecular weight is 281 g/mol. The topological polar surface area (TPSA) is 44.3 Å². The summed E-state index contributed by atoms with van der Waals surface area (Å²) in [6.07, 6.45) is 2.70. The van der Waals surface area contributed by atoms with E-state index in [1.54, 1.807) is 11.3 Å². The van der Waals surface area contributed by atoms with E-state index in [0.717, 1.165) is 16.7 Å². The molecule has 6 heteroatoms. The van der Waals surface area contributed by atoms with Crippen LogP contribution in [0.25, 0.3) is 0 Å². The fourth-order valence-electron chi connectivity index (χ4n) is 2.68. The van der Waals surface area contributed by atoms with Gasteiger partial charge < -0.3 is 15.1 Å². The third-order valence-corrected chi connectivity index (χ3v) is 5.05. The lowest BCUT2D eigenvalue weighted by atomic mass is 10.1. The Morgan fingerprint density at radius 3 is 2.53 bits per heavy atom. The second kappa shape index (κ2) is 5.34. The zero-order chi connectivity index (χ0) is 13.3. The van der Waals surface area contributed by atoms with Gasteiger partial charge in [0.2, 0.25) is 5.13 Å². The maximum absolute atomic E-state index is 4.14. The molecule has 1 aliphatic carbocycles. The van der Waals surface area contributed by atoms with Crippen LogP contribution in [0.4, 0.5) is 5.13 Å². The van der Waals surface area contributed by atoms with Crippen LogP contribution in [-0.2, 0) is 0 Å². The average Bonchev–Trinajstić information content (AvgIpc) is 3.04. The molecule has 0 unspecified atom stereocenters. The van der Waals surface area contributed by atoms with Crippen molar-refractivity contribution in [1.82, 2.24) is 20.0 Å². The molecule has 1 aliphatic heterocycles. The van der Waals surface area contributed by atoms with Crippen LogP contribution in [0.3, 0.4) is 0 Å². The number of hydrogen-bond acceptors (Lipinski definition) is 6. The zero-order valence-corrected chi connectivity index (χ0v) is 12.7. The number of anilines is 1. The Labute approximate surface area is 119 Å². The van der Waals surface area contributed by atoms with E-state index < -0.39 is 0 Å². The Bertz CT molecular complexity index is 420. The summed E-state index contributed by atoms with van der Waals surface area (Å²) in [5.74, 6) is 0. The monoisotopic (exact) mass is 281 g/mol. The number of rotatable bonds is 5. The van der Waals surface area contributed by atoms with E-state index in [4.69, 9.17) is 0 Å². The molecule has 2 aliphatic rings. The van der Waals surface area contributed by atoms with Crippen molar-refractivity contribution in [3.8, 4) is 0 Å². The van der Waals surface area contributed by atoms with Crippen molar-refractivity contribution < 1.29 is 0 Å². The fourth-order valence-corrected chi connectivity index (χ4v) is 3.27. The third kappa shape index (κ3) is 3.43. The second-order valence-electron chi connectivity index (χ2n) is 6.06. The largest absolute Gasteiger partial charge is 0.359 e. The van der Waals surface area contributed by atoms with Gasteiger partial charge in [-0.25, -0.2) is 0 Å². The van der Waals surface area contributed by atoms with Crippen molar-refractivity contribution in [2.75, 3.05) is 51.6 Å². The molecule has 0 atom stereocenters. The summed E-state index contributed by atoms with van der Waals surface area (Å²) in [5.41, 5.74) is 0.496. The Morgan fingerprint density at radius 2 is 1.95 bits per heavy atom. The van der Waals surface area contributed by atoms with Crippen molar-refractivity contribution in [3.63, 3.8) is 0 Å². The van der Waals surface area contributed by atoms with E-state index in [2.05, 4.69) is 32.4 Å². The minimum atomic E-state index is 0.496. The van der Waals surface area contributed by atoms with E-state index in [0.29, 0.717) is 5.41 Å². The molecular weight excluding hydrogens is 258 g/mol. The summed E-state index contributed by atoms with van der Waals surface area (Å²) in [6.45, 7) is 9.14. The molecule has 2 heterocycles. The zero-order valence-electron chi connectivity index (χ0n) is 11.9. The highest BCUT2D eigenvalue weighted by Gasteiger charge is 2.44. The van der Waals surface area contributed by atoms with E-state index in [1.165, 1.54) is 45.6 Å². The first-order valence-electron chi connectivity index (χ1n) is 7.10. The van der Waals surface area contributed by atoms with Gasteiger partial charge in [0.05, 0.1) is 0 Å². The smallest absolute Gasteiger partial charge is 0.205 e. The molecule has 19 heavy (non-hydrogen) atoms. The summed E-state index contributed by atoms with van der Waals surface area (Å²) < 4.78 is 0. The maximum Gasteiger partial charge on any atom is 0.205 e. The van der Waals surface area contributed by atoms with E-state index >= 15 is 0 Å². The maximum atomic E-state index is 4.14. The lowest BCUT2D eigenvalue weighted by molar-refractivity contribution is 0.133. The van der Waals surface area contributed by atoms with E-state index in [-0.39, 0.29) is 0 Å². The van der Waals surface area contributed by atoms with Crippen molar-refractivity contribution >= 4 is 16.5 Å². The predicted octanol–water partition coefficient (Wildman–Crippen LogP) is 1.29. The number of aromatic nitrogens is 2. The quantitative estimate of drug-likeness (QED) is 0.881. The van der Waals surface area contributed by atoms with Crippen LogP contribution in [0.1, 0.15) is 17.8 Å². The molecule has 0 amide bonds. The molecule has 3 rings (SSSR count). The van der Waals surface area contributed by atoms with Crippen LogP contribution >= 0.6 is 11.3 Å². The van der Waals surface area contributed by atoms with Crippen LogP contribution in [0, 0.1) is 12.3 Å². The van der Waals surface area contributed by atoms with Gasteiger partial charge in [-0.05, 0) is 26.8 Å². The molecule has 1 N–H and O–H groups in total. The molecule has 1 aromatic rings. The first kappa shape index (κ1) is 13.3. The summed E-state index contributed by atoms with van der Waals surface area (Å²) in [7, 11) is 2.21. The SMILES string of the molecule is Cc1nnc(NCC2(CN3CCN(C)CC3)CC2)s1. The highest BCUT2D eigenvalue weighted by Crippen LogP contribution is 2.46. The minimum Gasteiger partial charge on any atom is -0.359 e. The van der Waals surface area contributed by atoms with Gasteiger partial charge in [-0.15, -0.1) is 10.2 Å². The predicted molar refractivity (Wildman–Crippen MR) is 78.7 cm³/mol. The molecule has 1 saturated carbocycles. The lowest BCUT2D eigenvalue weighted by Gasteiger charge is -2.34. The van der Waals surface area contributed by atoms with Gasteiger partial charge in [-0.3, -0.25) is 0 Å². The minimum absolute atomic E-state index is 0.496. The van der Waals surface area contributed by atoms with Gasteiger partial charge in [-0.1, -0.05) is 11.3 Å². The summed E-state index contributed by atoms with van der Waals surface area (Å²) in [4.78, 5) is 5.04. The van der Waals surface area contributed by atoms with Gasteiger partial charge in [0.25, 0.3) is 0 Å². The first-order chi connectivity index (χ1) is 9.15. The Hall–Kier alpha value is -0.720. The summed E-state index contributed by atoms with van der Waals surface area (Å²) in [6, 6.07) is 0. The molecule has 1 saturated heterocycles. The van der Waals surface area contributed by atoms with Crippen LogP contribution in [0.5, 0.6) is 0 Å². The molecule has 0 aromatic carbocycles. The van der Waals surface area contributed by atoms with Crippen molar-refractivity contribution in [2.45, 2.75) is 19.8 Å². The lowest BCUT2D eigenvalue weighted by Crippen LogP contribution is -2.47.